The number of piperazine rings is 1. The molecule has 0 aliphatic carbocycles. The molecule has 0 radical (unpaired) electrons. The van der Waals surface area contributed by atoms with Crippen LogP contribution in [0.15, 0.2) is 24.3 Å². The van der Waals surface area contributed by atoms with Crippen LogP contribution in [-0.2, 0) is 17.8 Å². The molecule has 0 spiro atoms. The standard InChI is InChI=1S/C25H31F3N6O3/c1-4-37-18-7-5-17(6-8-18)9-10-29-22-19-13-34(16(2)3)23(36)21(19)30-24(31-22)32-11-12-33(20(35)14-32)15-25(26,27)28/h5-8,16H,4,9-15H2,1-3H3,(H,29,30,31). The Bertz CT molecular complexity index is 1140. The Morgan fingerprint density at radius 1 is 1.08 bits per heavy atom. The van der Waals surface area contributed by atoms with Crippen LogP contribution >= 0.6 is 0 Å². The zero-order valence-electron chi connectivity index (χ0n) is 21.1. The maximum atomic E-state index is 13.1. The quantitative estimate of drug-likeness (QED) is 0.543. The Balaban J connectivity index is 1.52. The number of alkyl halides is 3. The van der Waals surface area contributed by atoms with E-state index in [2.05, 4.69) is 15.3 Å². The molecule has 1 aromatic carbocycles. The molecule has 4 rings (SSSR count). The number of halogens is 3. The summed E-state index contributed by atoms with van der Waals surface area (Å²) in [5.41, 5.74) is 2.02. The first-order valence-electron chi connectivity index (χ1n) is 12.3. The van der Waals surface area contributed by atoms with E-state index >= 15 is 0 Å². The summed E-state index contributed by atoms with van der Waals surface area (Å²) in [5.74, 6) is 0.557. The molecule has 0 unspecified atom stereocenters. The smallest absolute Gasteiger partial charge is 0.406 e. The summed E-state index contributed by atoms with van der Waals surface area (Å²) in [6.07, 6.45) is -3.77. The van der Waals surface area contributed by atoms with Crippen molar-refractivity contribution < 1.29 is 27.5 Å². The topological polar surface area (TPSA) is 90.9 Å². The first-order chi connectivity index (χ1) is 17.6. The number of benzene rings is 1. The second kappa shape index (κ2) is 10.8. The molecule has 12 heteroatoms. The number of amides is 2. The summed E-state index contributed by atoms with van der Waals surface area (Å²) in [5, 5.41) is 3.31. The van der Waals surface area contributed by atoms with Gasteiger partial charge in [-0.3, -0.25) is 9.59 Å². The fourth-order valence-corrected chi connectivity index (χ4v) is 4.39. The SMILES string of the molecule is CCOc1ccc(CCNc2nc(N3CCN(CC(F)(F)F)C(=O)C3)nc3c2CN(C(C)C)C3=O)cc1. The van der Waals surface area contributed by atoms with Gasteiger partial charge in [0.25, 0.3) is 5.91 Å². The molecule has 0 saturated carbocycles. The number of hydrogen-bond acceptors (Lipinski definition) is 7. The number of anilines is 2. The van der Waals surface area contributed by atoms with Crippen molar-refractivity contribution in [2.75, 3.05) is 49.5 Å². The van der Waals surface area contributed by atoms with Crippen LogP contribution in [0.5, 0.6) is 5.75 Å². The van der Waals surface area contributed by atoms with E-state index in [4.69, 9.17) is 4.74 Å². The fraction of sp³-hybridized carbons (Fsp3) is 0.520. The molecule has 0 bridgehead atoms. The van der Waals surface area contributed by atoms with E-state index in [1.165, 1.54) is 4.90 Å². The first-order valence-corrected chi connectivity index (χ1v) is 12.3. The van der Waals surface area contributed by atoms with Gasteiger partial charge in [-0.05, 0) is 44.9 Å². The molecule has 1 aromatic heterocycles. The highest BCUT2D eigenvalue weighted by atomic mass is 19.4. The second-order valence-electron chi connectivity index (χ2n) is 9.33. The van der Waals surface area contributed by atoms with Crippen molar-refractivity contribution in [2.45, 2.75) is 46.0 Å². The monoisotopic (exact) mass is 520 g/mol. The Hall–Kier alpha value is -3.57. The van der Waals surface area contributed by atoms with Crippen molar-refractivity contribution in [3.8, 4) is 5.75 Å². The van der Waals surface area contributed by atoms with Crippen LogP contribution in [0.2, 0.25) is 0 Å². The highest BCUT2D eigenvalue weighted by Gasteiger charge is 2.38. The highest BCUT2D eigenvalue weighted by molar-refractivity contribution is 5.98. The summed E-state index contributed by atoms with van der Waals surface area (Å²) < 4.78 is 43.8. The van der Waals surface area contributed by atoms with Gasteiger partial charge in [0.1, 0.15) is 30.4 Å². The normalized spacial score (nSPS) is 16.0. The number of fused-ring (bicyclic) bond motifs is 1. The Labute approximate surface area is 213 Å². The molecule has 200 valence electrons. The van der Waals surface area contributed by atoms with Crippen LogP contribution in [0.3, 0.4) is 0 Å². The van der Waals surface area contributed by atoms with Crippen molar-refractivity contribution in [2.24, 2.45) is 0 Å². The van der Waals surface area contributed by atoms with E-state index in [1.54, 1.807) is 4.90 Å². The molecule has 2 aliphatic rings. The van der Waals surface area contributed by atoms with Gasteiger partial charge in [-0.25, -0.2) is 4.98 Å². The number of rotatable bonds is 9. The second-order valence-corrected chi connectivity index (χ2v) is 9.33. The summed E-state index contributed by atoms with van der Waals surface area (Å²) >= 11 is 0. The number of nitrogens with one attached hydrogen (secondary N) is 1. The average molecular weight is 521 g/mol. The Morgan fingerprint density at radius 2 is 1.81 bits per heavy atom. The number of hydrogen-bond donors (Lipinski definition) is 1. The molecule has 2 aliphatic heterocycles. The van der Waals surface area contributed by atoms with Gasteiger partial charge >= 0.3 is 6.18 Å². The predicted octanol–water partition coefficient (Wildman–Crippen LogP) is 3.11. The van der Waals surface area contributed by atoms with Gasteiger partial charge in [0.15, 0.2) is 0 Å². The third-order valence-electron chi connectivity index (χ3n) is 6.32. The van der Waals surface area contributed by atoms with E-state index in [9.17, 15) is 22.8 Å². The van der Waals surface area contributed by atoms with E-state index in [0.717, 1.165) is 16.2 Å². The lowest BCUT2D eigenvalue weighted by Gasteiger charge is -2.34. The molecule has 9 nitrogen and oxygen atoms in total. The molecule has 0 atom stereocenters. The van der Waals surface area contributed by atoms with Gasteiger partial charge in [0.05, 0.1) is 13.2 Å². The molecule has 1 fully saturated rings. The molecule has 2 aromatic rings. The minimum absolute atomic E-state index is 0.0469. The Kier molecular flexibility index (Phi) is 7.74. The summed E-state index contributed by atoms with van der Waals surface area (Å²) in [4.78, 5) is 38.5. The summed E-state index contributed by atoms with van der Waals surface area (Å²) in [6, 6.07) is 7.74. The van der Waals surface area contributed by atoms with Crippen molar-refractivity contribution in [3.63, 3.8) is 0 Å². The number of ether oxygens (including phenoxy) is 1. The lowest BCUT2D eigenvalue weighted by atomic mass is 10.1. The van der Waals surface area contributed by atoms with Crippen LogP contribution in [0.25, 0.3) is 0 Å². The lowest BCUT2D eigenvalue weighted by molar-refractivity contribution is -0.161. The predicted molar refractivity (Wildman–Crippen MR) is 132 cm³/mol. The molecule has 3 heterocycles. The number of carbonyl (C=O) groups excluding carboxylic acids is 2. The number of nitrogens with zero attached hydrogens (tertiary/aromatic N) is 5. The largest absolute Gasteiger partial charge is 0.494 e. The van der Waals surface area contributed by atoms with Crippen LogP contribution in [0, 0.1) is 0 Å². The van der Waals surface area contributed by atoms with E-state index in [-0.39, 0.29) is 43.2 Å². The third-order valence-corrected chi connectivity index (χ3v) is 6.32. The van der Waals surface area contributed by atoms with Crippen molar-refractivity contribution >= 4 is 23.6 Å². The minimum Gasteiger partial charge on any atom is -0.494 e. The molecule has 37 heavy (non-hydrogen) atoms. The van der Waals surface area contributed by atoms with Crippen molar-refractivity contribution in [3.05, 3.63) is 41.1 Å². The highest BCUT2D eigenvalue weighted by Crippen LogP contribution is 2.31. The summed E-state index contributed by atoms with van der Waals surface area (Å²) in [6.45, 7) is 5.69. The molecule has 1 N–H and O–H groups in total. The molecule has 2 amide bonds. The van der Waals surface area contributed by atoms with Crippen molar-refractivity contribution in [1.29, 1.82) is 0 Å². The van der Waals surface area contributed by atoms with E-state index in [0.29, 0.717) is 37.5 Å². The molecular weight excluding hydrogens is 489 g/mol. The lowest BCUT2D eigenvalue weighted by Crippen LogP contribution is -2.53. The van der Waals surface area contributed by atoms with Gasteiger partial charge in [0.2, 0.25) is 11.9 Å². The summed E-state index contributed by atoms with van der Waals surface area (Å²) in [7, 11) is 0. The van der Waals surface area contributed by atoms with E-state index < -0.39 is 18.6 Å². The number of aromatic nitrogens is 2. The van der Waals surface area contributed by atoms with Gasteiger partial charge in [-0.1, -0.05) is 12.1 Å². The first kappa shape index (κ1) is 26.5. The Morgan fingerprint density at radius 3 is 2.43 bits per heavy atom. The van der Waals surface area contributed by atoms with Gasteiger partial charge in [-0.15, -0.1) is 0 Å². The molecular formula is C25H31F3N6O3. The number of carbonyl (C=O) groups is 2. The van der Waals surface area contributed by atoms with Crippen LogP contribution in [0.1, 0.15) is 42.4 Å². The van der Waals surface area contributed by atoms with Gasteiger partial charge in [0, 0.05) is 31.2 Å². The van der Waals surface area contributed by atoms with Crippen LogP contribution in [0.4, 0.5) is 24.9 Å². The zero-order valence-corrected chi connectivity index (χ0v) is 21.1. The average Bonchev–Trinajstić information content (AvgIpc) is 3.18. The minimum atomic E-state index is -4.46. The maximum Gasteiger partial charge on any atom is 0.406 e. The fourth-order valence-electron chi connectivity index (χ4n) is 4.39. The molecule has 1 saturated heterocycles. The van der Waals surface area contributed by atoms with Gasteiger partial charge in [-0.2, -0.15) is 18.2 Å². The van der Waals surface area contributed by atoms with Crippen molar-refractivity contribution in [1.82, 2.24) is 19.8 Å². The van der Waals surface area contributed by atoms with Gasteiger partial charge < -0.3 is 24.8 Å². The maximum absolute atomic E-state index is 13.1. The zero-order chi connectivity index (χ0) is 26.7. The third kappa shape index (κ3) is 6.23. The van der Waals surface area contributed by atoms with Crippen LogP contribution in [-0.4, -0.2) is 83.1 Å². The van der Waals surface area contributed by atoms with E-state index in [1.807, 2.05) is 45.0 Å². The van der Waals surface area contributed by atoms with Crippen LogP contribution < -0.4 is 15.0 Å².